The highest BCUT2D eigenvalue weighted by atomic mass is 35.5. The van der Waals surface area contributed by atoms with Crippen molar-refractivity contribution in [3.63, 3.8) is 0 Å². The number of benzene rings is 2. The number of primary amides is 1. The molecule has 2 N–H and O–H groups in total. The SMILES string of the molecule is C=C(Cc1cccc2ccccc12)C(N)=O.Cl. The van der Waals surface area contributed by atoms with Crippen LogP contribution < -0.4 is 5.73 Å². The Morgan fingerprint density at radius 2 is 1.76 bits per heavy atom. The van der Waals surface area contributed by atoms with Gasteiger partial charge in [0.05, 0.1) is 0 Å². The number of rotatable bonds is 3. The molecule has 0 heterocycles. The van der Waals surface area contributed by atoms with E-state index in [4.69, 9.17) is 5.73 Å². The molecule has 1 amide bonds. The van der Waals surface area contributed by atoms with Crippen LogP contribution in [0.25, 0.3) is 10.8 Å². The summed E-state index contributed by atoms with van der Waals surface area (Å²) in [4.78, 5) is 11.0. The molecule has 0 bridgehead atoms. The summed E-state index contributed by atoms with van der Waals surface area (Å²) in [6.45, 7) is 3.68. The van der Waals surface area contributed by atoms with Crippen LogP contribution in [0.4, 0.5) is 0 Å². The molecule has 0 unspecified atom stereocenters. The normalized spacial score (nSPS) is 9.65. The van der Waals surface area contributed by atoms with E-state index in [0.29, 0.717) is 12.0 Å². The van der Waals surface area contributed by atoms with Gasteiger partial charge in [0.25, 0.3) is 0 Å². The fraction of sp³-hybridized carbons (Fsp3) is 0.0714. The number of hydrogen-bond donors (Lipinski definition) is 1. The Hall–Kier alpha value is -1.80. The highest BCUT2D eigenvalue weighted by molar-refractivity contribution is 5.93. The molecule has 2 rings (SSSR count). The molecule has 0 aliphatic carbocycles. The lowest BCUT2D eigenvalue weighted by Gasteiger charge is -2.06. The van der Waals surface area contributed by atoms with Gasteiger partial charge in [-0.3, -0.25) is 4.79 Å². The summed E-state index contributed by atoms with van der Waals surface area (Å²) >= 11 is 0. The van der Waals surface area contributed by atoms with Crippen molar-refractivity contribution in [1.29, 1.82) is 0 Å². The number of halogens is 1. The fourth-order valence-corrected chi connectivity index (χ4v) is 1.76. The third-order valence-corrected chi connectivity index (χ3v) is 2.63. The summed E-state index contributed by atoms with van der Waals surface area (Å²) in [6, 6.07) is 14.1. The average Bonchev–Trinajstić information content (AvgIpc) is 2.29. The van der Waals surface area contributed by atoms with Crippen LogP contribution in [0, 0.1) is 0 Å². The standard InChI is InChI=1S/C14H13NO.ClH/c1-10(14(15)16)9-12-7-4-6-11-5-2-3-8-13(11)12;/h2-8H,1,9H2,(H2,15,16);1H. The maximum atomic E-state index is 11.0. The maximum absolute atomic E-state index is 11.0. The van der Waals surface area contributed by atoms with Gasteiger partial charge in [-0.25, -0.2) is 0 Å². The van der Waals surface area contributed by atoms with Crippen molar-refractivity contribution in [2.75, 3.05) is 0 Å². The summed E-state index contributed by atoms with van der Waals surface area (Å²) in [5.41, 5.74) is 6.72. The third kappa shape index (κ3) is 2.86. The molecule has 0 saturated carbocycles. The van der Waals surface area contributed by atoms with Gasteiger partial charge in [-0.05, 0) is 16.3 Å². The molecule has 88 valence electrons. The van der Waals surface area contributed by atoms with Crippen LogP contribution in [-0.4, -0.2) is 5.91 Å². The first-order valence-corrected chi connectivity index (χ1v) is 5.12. The molecular formula is C14H14ClNO. The Morgan fingerprint density at radius 3 is 2.47 bits per heavy atom. The molecule has 0 atom stereocenters. The van der Waals surface area contributed by atoms with E-state index in [-0.39, 0.29) is 12.4 Å². The summed E-state index contributed by atoms with van der Waals surface area (Å²) in [5.74, 6) is -0.437. The Labute approximate surface area is 107 Å². The van der Waals surface area contributed by atoms with E-state index in [2.05, 4.69) is 6.58 Å². The summed E-state index contributed by atoms with van der Waals surface area (Å²) in [6.07, 6.45) is 0.511. The number of amides is 1. The number of fused-ring (bicyclic) bond motifs is 1. The topological polar surface area (TPSA) is 43.1 Å². The monoisotopic (exact) mass is 247 g/mol. The Morgan fingerprint density at radius 1 is 1.12 bits per heavy atom. The lowest BCUT2D eigenvalue weighted by molar-refractivity contribution is -0.114. The molecule has 2 aromatic carbocycles. The lowest BCUT2D eigenvalue weighted by Crippen LogP contribution is -2.14. The molecule has 0 aliphatic heterocycles. The maximum Gasteiger partial charge on any atom is 0.244 e. The Balaban J connectivity index is 0.00000144. The van der Waals surface area contributed by atoms with Gasteiger partial charge in [0, 0.05) is 12.0 Å². The first kappa shape index (κ1) is 13.3. The number of nitrogens with two attached hydrogens (primary N) is 1. The predicted octanol–water partition coefficient (Wildman–Crippen LogP) is 2.85. The van der Waals surface area contributed by atoms with Gasteiger partial charge >= 0.3 is 0 Å². The van der Waals surface area contributed by atoms with E-state index < -0.39 is 5.91 Å². The van der Waals surface area contributed by atoms with Gasteiger partial charge in [0.15, 0.2) is 0 Å². The van der Waals surface area contributed by atoms with E-state index in [1.54, 1.807) is 0 Å². The molecular weight excluding hydrogens is 234 g/mol. The lowest BCUT2D eigenvalue weighted by atomic mass is 9.99. The van der Waals surface area contributed by atoms with Crippen molar-refractivity contribution in [3.8, 4) is 0 Å². The average molecular weight is 248 g/mol. The van der Waals surface area contributed by atoms with Gasteiger partial charge in [0.2, 0.25) is 5.91 Å². The Kier molecular flexibility index (Phi) is 4.30. The zero-order valence-corrected chi connectivity index (χ0v) is 10.2. The van der Waals surface area contributed by atoms with Crippen molar-refractivity contribution < 1.29 is 4.79 Å². The number of hydrogen-bond acceptors (Lipinski definition) is 1. The molecule has 0 fully saturated rings. The van der Waals surface area contributed by atoms with Gasteiger partial charge in [-0.1, -0.05) is 49.0 Å². The van der Waals surface area contributed by atoms with Crippen molar-refractivity contribution in [2.45, 2.75) is 6.42 Å². The van der Waals surface area contributed by atoms with E-state index in [9.17, 15) is 4.79 Å². The highest BCUT2D eigenvalue weighted by Gasteiger charge is 2.05. The van der Waals surface area contributed by atoms with Gasteiger partial charge in [-0.2, -0.15) is 0 Å². The zero-order chi connectivity index (χ0) is 11.5. The summed E-state index contributed by atoms with van der Waals surface area (Å²) < 4.78 is 0. The van der Waals surface area contributed by atoms with Crippen LogP contribution in [0.2, 0.25) is 0 Å². The van der Waals surface area contributed by atoms with E-state index >= 15 is 0 Å². The largest absolute Gasteiger partial charge is 0.366 e. The minimum absolute atomic E-state index is 0. The van der Waals surface area contributed by atoms with Gasteiger partial charge < -0.3 is 5.73 Å². The second kappa shape index (κ2) is 5.51. The van der Waals surface area contributed by atoms with Crippen LogP contribution >= 0.6 is 12.4 Å². The molecule has 0 aliphatic rings. The number of carbonyl (C=O) groups is 1. The van der Waals surface area contributed by atoms with Crippen molar-refractivity contribution in [1.82, 2.24) is 0 Å². The van der Waals surface area contributed by atoms with Crippen LogP contribution in [0.1, 0.15) is 5.56 Å². The molecule has 2 aromatic rings. The second-order valence-corrected chi connectivity index (χ2v) is 3.78. The van der Waals surface area contributed by atoms with E-state index in [0.717, 1.165) is 16.3 Å². The van der Waals surface area contributed by atoms with Crippen LogP contribution in [-0.2, 0) is 11.2 Å². The summed E-state index contributed by atoms with van der Waals surface area (Å²) in [5, 5.41) is 2.31. The molecule has 0 saturated heterocycles. The molecule has 0 radical (unpaired) electrons. The number of carbonyl (C=O) groups excluding carboxylic acids is 1. The molecule has 2 nitrogen and oxygen atoms in total. The second-order valence-electron chi connectivity index (χ2n) is 3.78. The first-order valence-electron chi connectivity index (χ1n) is 5.12. The quantitative estimate of drug-likeness (QED) is 0.833. The van der Waals surface area contributed by atoms with Crippen molar-refractivity contribution in [3.05, 3.63) is 60.2 Å². The predicted molar refractivity (Wildman–Crippen MR) is 73.2 cm³/mol. The minimum atomic E-state index is -0.437. The van der Waals surface area contributed by atoms with Gasteiger partial charge in [-0.15, -0.1) is 12.4 Å². The molecule has 17 heavy (non-hydrogen) atoms. The Bertz CT molecular complexity index is 558. The fourth-order valence-electron chi connectivity index (χ4n) is 1.76. The first-order chi connectivity index (χ1) is 7.68. The molecule has 3 heteroatoms. The van der Waals surface area contributed by atoms with E-state index in [1.165, 1.54) is 0 Å². The zero-order valence-electron chi connectivity index (χ0n) is 9.35. The minimum Gasteiger partial charge on any atom is -0.366 e. The highest BCUT2D eigenvalue weighted by Crippen LogP contribution is 2.20. The van der Waals surface area contributed by atoms with Crippen molar-refractivity contribution in [2.24, 2.45) is 5.73 Å². The molecule has 0 aromatic heterocycles. The van der Waals surface area contributed by atoms with Gasteiger partial charge in [0.1, 0.15) is 0 Å². The van der Waals surface area contributed by atoms with Crippen LogP contribution in [0.5, 0.6) is 0 Å². The summed E-state index contributed by atoms with van der Waals surface area (Å²) in [7, 11) is 0. The third-order valence-electron chi connectivity index (χ3n) is 2.63. The van der Waals surface area contributed by atoms with Crippen molar-refractivity contribution >= 4 is 29.1 Å². The van der Waals surface area contributed by atoms with E-state index in [1.807, 2.05) is 42.5 Å². The smallest absolute Gasteiger partial charge is 0.244 e. The van der Waals surface area contributed by atoms with Crippen LogP contribution in [0.3, 0.4) is 0 Å². The molecule has 0 spiro atoms. The van der Waals surface area contributed by atoms with Crippen LogP contribution in [0.15, 0.2) is 54.6 Å².